The van der Waals surface area contributed by atoms with Crippen molar-refractivity contribution in [1.29, 1.82) is 0 Å². The van der Waals surface area contributed by atoms with Crippen LogP contribution in [0.2, 0.25) is 0 Å². The van der Waals surface area contributed by atoms with Crippen LogP contribution in [0.5, 0.6) is 0 Å². The molecular formula is C104H123N17O13S4. The smallest absolute Gasteiger partial charge is 0.246 e. The number of hydrogen-bond donors (Lipinski definition) is 5. The third-order valence-electron chi connectivity index (χ3n) is 26.0. The molecule has 4 saturated heterocycles. The minimum atomic E-state index is -0.720. The van der Waals surface area contributed by atoms with Gasteiger partial charge in [0.15, 0.2) is 29.0 Å². The number of Topliss-reactive ketones (excluding diaryl/α,β-unsaturated/α-hetero) is 4. The van der Waals surface area contributed by atoms with Gasteiger partial charge in [-0.25, -0.2) is 24.9 Å². The minimum absolute atomic E-state index is 0.000899. The summed E-state index contributed by atoms with van der Waals surface area (Å²) < 4.78 is 5.72. The van der Waals surface area contributed by atoms with Crippen LogP contribution in [0.3, 0.4) is 0 Å². The van der Waals surface area contributed by atoms with Gasteiger partial charge in [0.1, 0.15) is 17.7 Å². The van der Waals surface area contributed by atoms with Gasteiger partial charge >= 0.3 is 0 Å². The molecule has 4 fully saturated rings. The van der Waals surface area contributed by atoms with E-state index in [1.54, 1.807) is 90.6 Å². The Labute approximate surface area is 821 Å². The van der Waals surface area contributed by atoms with Gasteiger partial charge in [0.25, 0.3) is 0 Å². The number of amides is 4. The van der Waals surface area contributed by atoms with E-state index in [4.69, 9.17) is 0 Å². The molecule has 8 aromatic heterocycles. The molecule has 0 spiro atoms. The second kappa shape index (κ2) is 48.1. The molecule has 4 aliphatic heterocycles. The minimum Gasteiger partial charge on any atom is -0.391 e. The van der Waals surface area contributed by atoms with Gasteiger partial charge in [-0.15, -0.1) is 44.2 Å². The van der Waals surface area contributed by atoms with Crippen LogP contribution in [-0.4, -0.2) is 231 Å². The van der Waals surface area contributed by atoms with Crippen LogP contribution in [0.1, 0.15) is 211 Å². The lowest BCUT2D eigenvalue weighted by molar-refractivity contribution is -0.141. The predicted octanol–water partition coefficient (Wildman–Crippen LogP) is 14.6. The summed E-state index contributed by atoms with van der Waals surface area (Å²) in [5.41, 5.74) is 19.8. The molecule has 5 N–H and O–H groups in total. The lowest BCUT2D eigenvalue weighted by Gasteiger charge is -2.31. The molecule has 12 aromatic rings. The third-order valence-corrected chi connectivity index (χ3v) is 29.8. The average molecular weight is 1950 g/mol. The molecule has 30 nitrogen and oxygen atoms in total. The Morgan fingerprint density at radius 3 is 1.20 bits per heavy atom. The first kappa shape index (κ1) is 104. The Balaban J connectivity index is 0.000000155. The van der Waals surface area contributed by atoms with E-state index in [9.17, 15) is 63.9 Å². The highest BCUT2D eigenvalue weighted by Gasteiger charge is 2.47. The summed E-state index contributed by atoms with van der Waals surface area (Å²) in [5, 5.41) is 62.6. The highest BCUT2D eigenvalue weighted by molar-refractivity contribution is 7.14. The number of nitrogens with zero attached hydrogens (tertiary/aromatic N) is 17. The average Bonchev–Trinajstić information content (AvgIpc) is 1.66. The van der Waals surface area contributed by atoms with Gasteiger partial charge in [-0.05, 0) is 144 Å². The number of aromatic nitrogens is 13. The zero-order chi connectivity index (χ0) is 98.7. The third kappa shape index (κ3) is 25.8. The Hall–Kier alpha value is -11.9. The Bertz CT molecular complexity index is 5630. The van der Waals surface area contributed by atoms with Crippen molar-refractivity contribution in [3.05, 3.63) is 249 Å². The molecule has 0 unspecified atom stereocenters. The highest BCUT2D eigenvalue weighted by Crippen LogP contribution is 2.39. The summed E-state index contributed by atoms with van der Waals surface area (Å²) in [6, 6.07) is 33.2. The Morgan fingerprint density at radius 1 is 0.413 bits per heavy atom. The van der Waals surface area contributed by atoms with Crippen LogP contribution < -0.4 is 0 Å². The van der Waals surface area contributed by atoms with Crippen molar-refractivity contribution in [2.75, 3.05) is 26.2 Å². The Kier molecular flexibility index (Phi) is 36.1. The van der Waals surface area contributed by atoms with Crippen molar-refractivity contribution >= 4 is 92.3 Å². The summed E-state index contributed by atoms with van der Waals surface area (Å²) in [7, 11) is 0. The number of β-amino-alcohol motifs (C(OH)–C–C–N with tert-alkyl or cyclic N) is 4. The number of rotatable bonds is 33. The van der Waals surface area contributed by atoms with Gasteiger partial charge < -0.3 is 49.7 Å². The number of pyridine rings is 1. The topological polar surface area (TPSA) is 410 Å². The monoisotopic (exact) mass is 1950 g/mol. The van der Waals surface area contributed by atoms with E-state index in [0.29, 0.717) is 62.2 Å². The molecule has 13 atom stereocenters. The molecule has 138 heavy (non-hydrogen) atoms. The first-order valence-corrected chi connectivity index (χ1v) is 50.5. The molecular weight excluding hydrogens is 1820 g/mol. The van der Waals surface area contributed by atoms with E-state index in [1.165, 1.54) is 28.8 Å². The summed E-state index contributed by atoms with van der Waals surface area (Å²) >= 11 is 6.08. The van der Waals surface area contributed by atoms with Crippen LogP contribution in [0, 0.1) is 51.4 Å². The maximum absolute atomic E-state index is 13.6. The summed E-state index contributed by atoms with van der Waals surface area (Å²) in [5.74, 6) is -2.06. The number of carbonyl (C=O) groups excluding carboxylic acids is 8. The fraction of sp³-hybridized carbons (Fsp3) is 0.442. The van der Waals surface area contributed by atoms with E-state index in [-0.39, 0.29) is 135 Å². The zero-order valence-corrected chi connectivity index (χ0v) is 83.5. The molecule has 726 valence electrons. The van der Waals surface area contributed by atoms with Crippen LogP contribution in [0.25, 0.3) is 41.8 Å². The van der Waals surface area contributed by atoms with E-state index in [2.05, 4.69) is 96.1 Å². The zero-order valence-electron chi connectivity index (χ0n) is 80.2. The molecule has 0 radical (unpaired) electrons. The quantitative estimate of drug-likeness (QED) is 0.0255. The van der Waals surface area contributed by atoms with E-state index in [1.807, 2.05) is 186 Å². The number of ketones is 4. The number of aliphatic hydroxyl groups is 5. The van der Waals surface area contributed by atoms with Crippen molar-refractivity contribution in [3.63, 3.8) is 0 Å². The number of thiazole rings is 3. The fourth-order valence-corrected chi connectivity index (χ4v) is 21.9. The molecule has 12 heterocycles. The standard InChI is InChI=1S/C27H31N3O3S.C26H33N5O4S.C26H30N4O3S.C25H29N5O3S/c1-17(2)25(21-5-4-12-28-14-21)27(33)30-15-22(31)13-23(30)24(32)11-8-19-6-9-20(10-7-19)26-18(3)29-16-34-26;1-15(2)24(30-11-17(4)27-14-30)26(35)31-12-20(33)10-22(31)23(34)9-16(3)18-5-7-19(8-6-18)25-21(13-32)28-29-36-25;1-16(2)24(21-13-27-10-11-28-21)26(33)30-14-20(31)12-22(30)23(32)9-6-18-4-7-19(8-5-18)25-17(3)29-15-34-25;1-15(2)22(24-26-10-11-28-29-24)25(33)30-13-19(31)12-20(30)21(32)9-6-17-4-7-18(8-5-17)23-16(3)27-14-34-23/h4-7,9-10,12,14,16-17,22-23,25,31H,8,11,13,15H2,1-3H3;5-8,11,14-16,20,22,24,32-33H,9-10,12-13H2,1-4H3;4-5,7-8,10-11,13,15-16,20,22,24,31H,6,9,12,14H2,1-3H3;4-5,7-8,10-11,14-15,19-20,22,31H,6,9,12-13H2,1-3H3/t22-,23+,25-;16-,20-,22+,24+;20-,22+,24-;19-,20+,22-/m1111/s1. The SMILES string of the molecule is Cc1cn([C@H](C(=O)N2C[C@H](O)C[C@H]2C(=O)C[C@@H](C)c2ccc(-c3snnc3CO)cc2)C(C)C)cn1.Cc1ncsc1-c1ccc(CCC(=O)[C@@H]2C[C@@H](O)CN2C(=O)[C@@H](c2cccnc2)C(C)C)cc1.Cc1ncsc1-c1ccc(CCC(=O)[C@@H]2C[C@@H](O)CN2C(=O)[C@@H](c2cnccn2)C(C)C)cc1.Cc1ncsc1-c1ccc(CCC(=O)[C@@H]2C[C@@H](O)CN2C(=O)[C@@H](c2nccnn2)C(C)C)cc1. The largest absolute Gasteiger partial charge is 0.391 e. The molecule has 16 rings (SSSR count). The normalized spacial score (nSPS) is 19.1. The van der Waals surface area contributed by atoms with Crippen molar-refractivity contribution in [3.8, 4) is 41.8 Å². The fourth-order valence-electron chi connectivity index (χ4n) is 18.8. The molecule has 4 amide bonds. The number of carbonyl (C=O) groups is 8. The lowest BCUT2D eigenvalue weighted by Crippen LogP contribution is -2.45. The van der Waals surface area contributed by atoms with Crippen molar-refractivity contribution in [1.82, 2.24) is 83.8 Å². The second-order valence-electron chi connectivity index (χ2n) is 37.5. The number of benzene rings is 4. The summed E-state index contributed by atoms with van der Waals surface area (Å²) in [4.78, 5) is 151. The maximum Gasteiger partial charge on any atom is 0.246 e. The number of aryl methyl sites for hydroxylation is 7. The molecule has 0 saturated carbocycles. The molecule has 0 aliphatic carbocycles. The van der Waals surface area contributed by atoms with Crippen molar-refractivity contribution in [2.45, 2.75) is 246 Å². The number of hydrogen-bond acceptors (Lipinski definition) is 29. The van der Waals surface area contributed by atoms with Gasteiger partial charge in [0.05, 0.1) is 144 Å². The molecule has 4 aromatic carbocycles. The van der Waals surface area contributed by atoms with Crippen LogP contribution >= 0.6 is 45.5 Å². The van der Waals surface area contributed by atoms with Gasteiger partial charge in [-0.3, -0.25) is 53.3 Å². The number of imidazole rings is 1. The van der Waals surface area contributed by atoms with Crippen molar-refractivity contribution < 1.29 is 63.9 Å². The highest BCUT2D eigenvalue weighted by atomic mass is 32.1. The summed E-state index contributed by atoms with van der Waals surface area (Å²) in [6.45, 7) is 26.0. The predicted molar refractivity (Wildman–Crippen MR) is 530 cm³/mol. The summed E-state index contributed by atoms with van der Waals surface area (Å²) in [6.07, 6.45) is 15.9. The van der Waals surface area contributed by atoms with E-state index >= 15 is 0 Å². The van der Waals surface area contributed by atoms with Gasteiger partial charge in [0.2, 0.25) is 23.6 Å². The van der Waals surface area contributed by atoms with Crippen LogP contribution in [0.4, 0.5) is 0 Å². The van der Waals surface area contributed by atoms with Crippen LogP contribution in [-0.2, 0) is 64.2 Å². The number of aliphatic hydroxyl groups excluding tert-OH is 5. The van der Waals surface area contributed by atoms with E-state index in [0.717, 1.165) is 92.4 Å². The second-order valence-corrected chi connectivity index (χ2v) is 40.8. The van der Waals surface area contributed by atoms with E-state index < -0.39 is 72.4 Å². The van der Waals surface area contributed by atoms with Gasteiger partial charge in [-0.2, -0.15) is 5.10 Å². The maximum atomic E-state index is 13.6. The first-order valence-electron chi connectivity index (χ1n) is 47.1. The molecule has 0 bridgehead atoms. The van der Waals surface area contributed by atoms with Gasteiger partial charge in [0, 0.05) is 121 Å². The van der Waals surface area contributed by atoms with Crippen molar-refractivity contribution in [2.24, 2.45) is 23.7 Å². The van der Waals surface area contributed by atoms with Crippen LogP contribution in [0.15, 0.2) is 182 Å². The lowest BCUT2D eigenvalue weighted by atomic mass is 9.87. The Morgan fingerprint density at radius 2 is 0.826 bits per heavy atom. The molecule has 34 heteroatoms. The van der Waals surface area contributed by atoms with Gasteiger partial charge in [-0.1, -0.05) is 170 Å². The molecule has 4 aliphatic rings. The number of likely N-dealkylation sites (tertiary alicyclic amines) is 4. The first-order chi connectivity index (χ1) is 66.2.